The number of piperidine rings is 1. The summed E-state index contributed by atoms with van der Waals surface area (Å²) in [5, 5.41) is 21.7. The normalized spacial score (nSPS) is 23.3. The Morgan fingerprint density at radius 3 is 2.63 bits per heavy atom. The lowest BCUT2D eigenvalue weighted by molar-refractivity contribution is 0.0180. The smallest absolute Gasteiger partial charge is 0.165 e. The van der Waals surface area contributed by atoms with Crippen molar-refractivity contribution in [2.24, 2.45) is 0 Å². The van der Waals surface area contributed by atoms with Crippen molar-refractivity contribution in [1.82, 2.24) is 20.5 Å². The van der Waals surface area contributed by atoms with E-state index in [2.05, 4.69) is 20.5 Å². The molecule has 4 heterocycles. The van der Waals surface area contributed by atoms with Gasteiger partial charge in [-0.25, -0.2) is 4.39 Å². The highest BCUT2D eigenvalue weighted by Gasteiger charge is 2.32. The van der Waals surface area contributed by atoms with Crippen LogP contribution in [0.15, 0.2) is 42.6 Å². The number of hydrogen-bond donors (Lipinski definition) is 3. The molecule has 0 amide bonds. The number of ether oxygens (including phenoxy) is 1. The second-order valence-electron chi connectivity index (χ2n) is 7.91. The van der Waals surface area contributed by atoms with Crippen LogP contribution in [0.4, 0.5) is 10.2 Å². The van der Waals surface area contributed by atoms with Gasteiger partial charge in [-0.05, 0) is 54.7 Å². The van der Waals surface area contributed by atoms with Gasteiger partial charge in [-0.1, -0.05) is 6.07 Å². The van der Waals surface area contributed by atoms with E-state index in [1.807, 2.05) is 12.1 Å². The van der Waals surface area contributed by atoms with E-state index in [4.69, 9.17) is 10.5 Å². The van der Waals surface area contributed by atoms with E-state index in [-0.39, 0.29) is 11.4 Å². The van der Waals surface area contributed by atoms with Crippen LogP contribution in [0.25, 0.3) is 22.5 Å². The molecule has 2 aliphatic rings. The highest BCUT2D eigenvalue weighted by atomic mass is 19.1. The highest BCUT2D eigenvalue weighted by molar-refractivity contribution is 5.77. The minimum Gasteiger partial charge on any atom is -0.504 e. The number of nitrogens with zero attached hydrogens (tertiary/aromatic N) is 3. The summed E-state index contributed by atoms with van der Waals surface area (Å²) in [7, 11) is 0. The van der Waals surface area contributed by atoms with Crippen molar-refractivity contribution in [3.05, 3.63) is 54.0 Å². The molecule has 30 heavy (non-hydrogen) atoms. The minimum absolute atomic E-state index is 0.231. The number of para-hydroxylation sites is 1. The number of hydrogen-bond acceptors (Lipinski definition) is 7. The quantitative estimate of drug-likeness (QED) is 0.613. The van der Waals surface area contributed by atoms with Gasteiger partial charge in [-0.2, -0.15) is 0 Å². The summed E-state index contributed by atoms with van der Waals surface area (Å²) in [4.78, 5) is 4.49. The molecule has 2 atom stereocenters. The molecule has 2 aliphatic heterocycles. The maximum atomic E-state index is 13.8. The topological polar surface area (TPSA) is 106 Å². The molecule has 0 spiro atoms. The van der Waals surface area contributed by atoms with E-state index in [0.29, 0.717) is 35.0 Å². The minimum atomic E-state index is -0.715. The van der Waals surface area contributed by atoms with Gasteiger partial charge in [0.05, 0.1) is 24.6 Å². The predicted molar refractivity (Wildman–Crippen MR) is 110 cm³/mol. The molecule has 154 valence electrons. The first kappa shape index (κ1) is 18.9. The summed E-state index contributed by atoms with van der Waals surface area (Å²) >= 11 is 0. The lowest BCUT2D eigenvalue weighted by Crippen LogP contribution is -2.53. The van der Waals surface area contributed by atoms with Crippen molar-refractivity contribution < 1.29 is 14.2 Å². The third kappa shape index (κ3) is 3.48. The lowest BCUT2D eigenvalue weighted by atomic mass is 9.82. The molecule has 2 bridgehead atoms. The first-order valence-electron chi connectivity index (χ1n) is 9.99. The average molecular weight is 407 g/mol. The number of nitrogens with one attached hydrogen (secondary N) is 1. The Labute approximate surface area is 173 Å². The number of anilines is 1. The van der Waals surface area contributed by atoms with Gasteiger partial charge in [0.2, 0.25) is 0 Å². The molecule has 8 heteroatoms. The van der Waals surface area contributed by atoms with E-state index >= 15 is 0 Å². The van der Waals surface area contributed by atoms with Gasteiger partial charge in [0.15, 0.2) is 17.4 Å². The monoisotopic (exact) mass is 407 g/mol. The van der Waals surface area contributed by atoms with Crippen molar-refractivity contribution in [3.63, 3.8) is 0 Å². The van der Waals surface area contributed by atoms with Gasteiger partial charge in [0.1, 0.15) is 0 Å². The fourth-order valence-electron chi connectivity index (χ4n) is 4.42. The fourth-order valence-corrected chi connectivity index (χ4v) is 4.42. The van der Waals surface area contributed by atoms with Gasteiger partial charge in [0.25, 0.3) is 0 Å². The third-order valence-corrected chi connectivity index (χ3v) is 5.86. The Hall–Kier alpha value is -3.10. The number of benzene rings is 1. The summed E-state index contributed by atoms with van der Waals surface area (Å²) in [5.74, 6) is -0.537. The van der Waals surface area contributed by atoms with Crippen LogP contribution >= 0.6 is 0 Å². The number of nitrogen functional groups attached to an aromatic ring is 1. The van der Waals surface area contributed by atoms with Crippen molar-refractivity contribution in [2.75, 3.05) is 18.9 Å². The zero-order chi connectivity index (χ0) is 20.7. The summed E-state index contributed by atoms with van der Waals surface area (Å²) in [6.45, 7) is 1.49. The molecule has 0 aliphatic carbocycles. The van der Waals surface area contributed by atoms with E-state index in [0.717, 1.165) is 26.1 Å². The second kappa shape index (κ2) is 7.62. The number of aromatic nitrogens is 3. The van der Waals surface area contributed by atoms with Crippen molar-refractivity contribution in [2.45, 2.75) is 30.8 Å². The van der Waals surface area contributed by atoms with Gasteiger partial charge in [-0.15, -0.1) is 10.2 Å². The number of pyridine rings is 1. The van der Waals surface area contributed by atoms with E-state index < -0.39 is 11.6 Å². The first-order chi connectivity index (χ1) is 14.6. The lowest BCUT2D eigenvalue weighted by Gasteiger charge is -2.40. The van der Waals surface area contributed by atoms with Gasteiger partial charge < -0.3 is 20.9 Å². The summed E-state index contributed by atoms with van der Waals surface area (Å²) in [5.41, 5.74) is 9.16. The number of phenolic OH excluding ortho intramolecular Hbond substituents is 1. The largest absolute Gasteiger partial charge is 0.504 e. The zero-order valence-corrected chi connectivity index (χ0v) is 16.3. The van der Waals surface area contributed by atoms with Crippen molar-refractivity contribution in [1.29, 1.82) is 0 Å². The number of nitrogens with two attached hydrogens (primary N) is 1. The average Bonchev–Trinajstić information content (AvgIpc) is 2.76. The first-order valence-corrected chi connectivity index (χ1v) is 9.99. The van der Waals surface area contributed by atoms with Crippen LogP contribution in [0.3, 0.4) is 0 Å². The fraction of sp³-hybridized carbons (Fsp3) is 0.318. The number of phenols is 1. The van der Waals surface area contributed by atoms with Crippen LogP contribution in [-0.2, 0) is 4.74 Å². The van der Waals surface area contributed by atoms with E-state index in [1.54, 1.807) is 18.3 Å². The summed E-state index contributed by atoms with van der Waals surface area (Å²) in [6, 6.07) is 10.8. The molecular formula is C22H22FN5O2. The Kier molecular flexibility index (Phi) is 4.80. The number of fused-ring (bicyclic) bond motifs is 2. The molecule has 4 N–H and O–H groups in total. The number of rotatable bonds is 3. The molecule has 2 aromatic heterocycles. The molecule has 2 fully saturated rings. The van der Waals surface area contributed by atoms with Gasteiger partial charge in [0, 0.05) is 29.4 Å². The number of halogens is 1. The molecule has 7 nitrogen and oxygen atoms in total. The van der Waals surface area contributed by atoms with Crippen LogP contribution in [0.1, 0.15) is 24.3 Å². The Bertz CT molecular complexity index is 1080. The maximum Gasteiger partial charge on any atom is 0.165 e. The molecule has 3 aromatic rings. The Morgan fingerprint density at radius 1 is 1.03 bits per heavy atom. The molecule has 1 aromatic carbocycles. The third-order valence-electron chi connectivity index (χ3n) is 5.86. The van der Waals surface area contributed by atoms with Crippen molar-refractivity contribution >= 4 is 5.82 Å². The van der Waals surface area contributed by atoms with Crippen LogP contribution < -0.4 is 11.1 Å². The van der Waals surface area contributed by atoms with Crippen LogP contribution in [0.2, 0.25) is 0 Å². The maximum absolute atomic E-state index is 13.8. The van der Waals surface area contributed by atoms with Crippen molar-refractivity contribution in [3.8, 4) is 28.3 Å². The SMILES string of the molecule is Nc1nnc(-c2cccc(F)c2O)cc1-c1cc(C2CC3COCC(C2)N3)ccn1. The molecule has 2 saturated heterocycles. The van der Waals surface area contributed by atoms with E-state index in [9.17, 15) is 9.50 Å². The molecule has 0 saturated carbocycles. The summed E-state index contributed by atoms with van der Waals surface area (Å²) < 4.78 is 19.4. The Balaban J connectivity index is 1.50. The number of aromatic hydroxyl groups is 1. The van der Waals surface area contributed by atoms with Crippen LogP contribution in [-0.4, -0.2) is 45.6 Å². The molecule has 0 radical (unpaired) electrons. The molecular weight excluding hydrogens is 385 g/mol. The highest BCUT2D eigenvalue weighted by Crippen LogP contribution is 2.36. The predicted octanol–water partition coefficient (Wildman–Crippen LogP) is 2.87. The second-order valence-corrected chi connectivity index (χ2v) is 7.91. The zero-order valence-electron chi connectivity index (χ0n) is 16.3. The van der Waals surface area contributed by atoms with Gasteiger partial charge >= 0.3 is 0 Å². The molecule has 5 rings (SSSR count). The summed E-state index contributed by atoms with van der Waals surface area (Å²) in [6.07, 6.45) is 3.79. The van der Waals surface area contributed by atoms with E-state index in [1.165, 1.54) is 17.7 Å². The number of morpholine rings is 1. The van der Waals surface area contributed by atoms with Crippen LogP contribution in [0.5, 0.6) is 5.75 Å². The van der Waals surface area contributed by atoms with Gasteiger partial charge in [-0.3, -0.25) is 4.98 Å². The Morgan fingerprint density at radius 2 is 1.83 bits per heavy atom. The molecule has 2 unspecified atom stereocenters. The standard InChI is InChI=1S/C22H22FN5O2/c23-18-3-1-2-16(21(18)29)20-9-17(22(24)28-27-20)19-8-12(4-5-25-19)13-6-14-10-30-11-15(7-13)26-14/h1-5,8-9,13-15,26,29H,6-7,10-11H2,(H2,24,28). The van der Waals surface area contributed by atoms with Crippen LogP contribution in [0, 0.1) is 5.82 Å².